The molecule has 1 aromatic carbocycles. The summed E-state index contributed by atoms with van der Waals surface area (Å²) in [5.41, 5.74) is 8.19. The molecule has 1 aliphatic carbocycles. The number of carboxylic acid groups (broad SMARTS) is 1. The molecule has 3 rings (SSSR count). The number of aliphatic carboxylic acids is 1. The molecule has 1 aliphatic rings. The number of hydrogen-bond donors (Lipinski definition) is 3. The Hall–Kier alpha value is -3.69. The Morgan fingerprint density at radius 3 is 2.26 bits per heavy atom. The molecular weight excluding hydrogens is 505 g/mol. The van der Waals surface area contributed by atoms with Crippen LogP contribution in [0.15, 0.2) is 47.4 Å². The average Bonchev–Trinajstić information content (AvgIpc) is 2.88. The van der Waals surface area contributed by atoms with E-state index in [-0.39, 0.29) is 11.5 Å². The molecule has 1 amide bonds. The van der Waals surface area contributed by atoms with Gasteiger partial charge in [-0.15, -0.1) is 0 Å². The van der Waals surface area contributed by atoms with Gasteiger partial charge in [-0.3, -0.25) is 9.59 Å². The largest absolute Gasteiger partial charge is 0.490 e. The highest BCUT2D eigenvalue weighted by molar-refractivity contribution is 5.86. The van der Waals surface area contributed by atoms with Crippen molar-refractivity contribution in [1.29, 1.82) is 5.26 Å². The molecule has 2 aromatic rings. The van der Waals surface area contributed by atoms with E-state index in [1.807, 2.05) is 30.5 Å². The van der Waals surface area contributed by atoms with Gasteiger partial charge in [0.05, 0.1) is 18.2 Å². The summed E-state index contributed by atoms with van der Waals surface area (Å²) in [4.78, 5) is 33.5. The number of benzene rings is 1. The highest BCUT2D eigenvalue weighted by Gasteiger charge is 2.38. The molecule has 0 aliphatic heterocycles. The molecule has 0 radical (unpaired) electrons. The van der Waals surface area contributed by atoms with Crippen molar-refractivity contribution >= 4 is 11.9 Å². The fourth-order valence-corrected chi connectivity index (χ4v) is 3.98. The minimum atomic E-state index is -5.08. The first-order valence-corrected chi connectivity index (χ1v) is 12.0. The molecule has 4 N–H and O–H groups in total. The standard InChI is InChI=1S/C24H30N4O3.C2HF3O2/c1-31-14-13-28-17-20(9-10-22(28)29)19-7-5-18(6-8-19)15-21(16-25)27-23(30)24(26)11-3-2-4-12-24;3-2(4,5)1(6)7/h5-10,17,21H,2-4,11-15,26H2,1H3,(H,27,30);(H,6,7)/t21-;/m0./s1. The Balaban J connectivity index is 0.000000638. The van der Waals surface area contributed by atoms with Crippen LogP contribution in [0.25, 0.3) is 11.1 Å². The molecule has 206 valence electrons. The number of rotatable bonds is 8. The normalized spacial score (nSPS) is 15.4. The monoisotopic (exact) mass is 536 g/mol. The van der Waals surface area contributed by atoms with E-state index in [0.717, 1.165) is 36.0 Å². The lowest BCUT2D eigenvalue weighted by Gasteiger charge is -2.32. The predicted molar refractivity (Wildman–Crippen MR) is 133 cm³/mol. The minimum absolute atomic E-state index is 0.0688. The van der Waals surface area contributed by atoms with E-state index >= 15 is 0 Å². The highest BCUT2D eigenvalue weighted by atomic mass is 19.4. The number of alkyl halides is 3. The van der Waals surface area contributed by atoms with Crippen LogP contribution >= 0.6 is 0 Å². The number of methoxy groups -OCH3 is 1. The maximum atomic E-state index is 12.6. The maximum absolute atomic E-state index is 12.6. The van der Waals surface area contributed by atoms with E-state index in [0.29, 0.717) is 32.4 Å². The van der Waals surface area contributed by atoms with E-state index in [9.17, 15) is 28.0 Å². The van der Waals surface area contributed by atoms with Crippen molar-refractivity contribution in [1.82, 2.24) is 9.88 Å². The molecule has 0 saturated heterocycles. The topological polar surface area (TPSA) is 147 Å². The number of halogens is 3. The molecule has 9 nitrogen and oxygen atoms in total. The Morgan fingerprint density at radius 1 is 1.16 bits per heavy atom. The summed E-state index contributed by atoms with van der Waals surface area (Å²) < 4.78 is 38.4. The third kappa shape index (κ3) is 9.00. The number of nitriles is 1. The van der Waals surface area contributed by atoms with Crippen LogP contribution in [0.5, 0.6) is 0 Å². The van der Waals surface area contributed by atoms with Gasteiger partial charge in [0.1, 0.15) is 6.04 Å². The summed E-state index contributed by atoms with van der Waals surface area (Å²) in [5, 5.41) is 19.5. The van der Waals surface area contributed by atoms with Gasteiger partial charge in [0, 0.05) is 32.3 Å². The van der Waals surface area contributed by atoms with Crippen molar-refractivity contribution in [2.75, 3.05) is 13.7 Å². The lowest BCUT2D eigenvalue weighted by Crippen LogP contribution is -2.57. The van der Waals surface area contributed by atoms with Gasteiger partial charge in [-0.1, -0.05) is 43.5 Å². The zero-order chi connectivity index (χ0) is 28.3. The van der Waals surface area contributed by atoms with Gasteiger partial charge in [-0.2, -0.15) is 18.4 Å². The van der Waals surface area contributed by atoms with Crippen LogP contribution < -0.4 is 16.6 Å². The van der Waals surface area contributed by atoms with Crippen LogP contribution in [0.3, 0.4) is 0 Å². The molecule has 1 atom stereocenters. The predicted octanol–water partition coefficient (Wildman–Crippen LogP) is 3.01. The van der Waals surface area contributed by atoms with Crippen LogP contribution in [0.1, 0.15) is 37.7 Å². The van der Waals surface area contributed by atoms with Gasteiger partial charge >= 0.3 is 12.1 Å². The summed E-state index contributed by atoms with van der Waals surface area (Å²) >= 11 is 0. The fraction of sp³-hybridized carbons (Fsp3) is 0.462. The molecule has 0 spiro atoms. The Bertz CT molecular complexity index is 1180. The summed E-state index contributed by atoms with van der Waals surface area (Å²) in [6, 6.07) is 12.7. The third-order valence-electron chi connectivity index (χ3n) is 6.15. The number of ether oxygens (including phenoxy) is 1. The van der Waals surface area contributed by atoms with Gasteiger partial charge in [0.25, 0.3) is 5.56 Å². The molecule has 1 fully saturated rings. The van der Waals surface area contributed by atoms with E-state index in [1.54, 1.807) is 23.8 Å². The second-order valence-corrected chi connectivity index (χ2v) is 9.02. The lowest BCUT2D eigenvalue weighted by molar-refractivity contribution is -0.192. The van der Waals surface area contributed by atoms with Crippen LogP contribution in [-0.2, 0) is 27.3 Å². The smallest absolute Gasteiger partial charge is 0.475 e. The van der Waals surface area contributed by atoms with Crippen LogP contribution in [0.2, 0.25) is 0 Å². The summed E-state index contributed by atoms with van der Waals surface area (Å²) in [6.07, 6.45) is 1.47. The quantitative estimate of drug-likeness (QED) is 0.470. The number of hydrogen-bond acceptors (Lipinski definition) is 6. The number of aromatic nitrogens is 1. The second-order valence-electron chi connectivity index (χ2n) is 9.02. The van der Waals surface area contributed by atoms with Gasteiger partial charge in [0.2, 0.25) is 5.91 Å². The summed E-state index contributed by atoms with van der Waals surface area (Å²) in [7, 11) is 1.60. The molecule has 0 bridgehead atoms. The third-order valence-corrected chi connectivity index (χ3v) is 6.15. The van der Waals surface area contributed by atoms with Crippen LogP contribution in [0.4, 0.5) is 13.2 Å². The number of carbonyl (C=O) groups excluding carboxylic acids is 1. The average molecular weight is 537 g/mol. The van der Waals surface area contributed by atoms with Crippen molar-refractivity contribution in [3.8, 4) is 17.2 Å². The molecule has 0 unspecified atom stereocenters. The van der Waals surface area contributed by atoms with Crippen LogP contribution in [0, 0.1) is 11.3 Å². The number of carbonyl (C=O) groups is 2. The van der Waals surface area contributed by atoms with Crippen LogP contribution in [-0.4, -0.2) is 53.0 Å². The van der Waals surface area contributed by atoms with E-state index in [1.165, 1.54) is 0 Å². The van der Waals surface area contributed by atoms with Crippen molar-refractivity contribution in [3.05, 3.63) is 58.5 Å². The first kappa shape index (κ1) is 30.5. The van der Waals surface area contributed by atoms with Gasteiger partial charge in [-0.05, 0) is 35.6 Å². The first-order chi connectivity index (χ1) is 17.9. The number of amides is 1. The second kappa shape index (κ2) is 13.7. The Kier molecular flexibility index (Phi) is 11.0. The van der Waals surface area contributed by atoms with Gasteiger partial charge < -0.3 is 25.5 Å². The van der Waals surface area contributed by atoms with Crippen molar-refractivity contribution < 1.29 is 32.6 Å². The van der Waals surface area contributed by atoms with Crippen molar-refractivity contribution in [2.45, 2.75) is 62.8 Å². The van der Waals surface area contributed by atoms with Crippen molar-refractivity contribution in [3.63, 3.8) is 0 Å². The zero-order valence-corrected chi connectivity index (χ0v) is 21.0. The molecule has 38 heavy (non-hydrogen) atoms. The number of nitrogens with two attached hydrogens (primary N) is 1. The fourth-order valence-electron chi connectivity index (χ4n) is 3.98. The summed E-state index contributed by atoms with van der Waals surface area (Å²) in [5.74, 6) is -2.99. The number of nitrogens with one attached hydrogen (secondary N) is 1. The molecule has 12 heteroatoms. The summed E-state index contributed by atoms with van der Waals surface area (Å²) in [6.45, 7) is 0.959. The number of carboxylic acids is 1. The van der Waals surface area contributed by atoms with E-state index < -0.39 is 23.7 Å². The molecule has 1 aromatic heterocycles. The first-order valence-electron chi connectivity index (χ1n) is 12.0. The number of pyridine rings is 1. The van der Waals surface area contributed by atoms with Gasteiger partial charge in [-0.25, -0.2) is 4.79 Å². The minimum Gasteiger partial charge on any atom is -0.475 e. The highest BCUT2D eigenvalue weighted by Crippen LogP contribution is 2.26. The lowest BCUT2D eigenvalue weighted by atomic mass is 9.81. The molecule has 1 saturated carbocycles. The van der Waals surface area contributed by atoms with E-state index in [2.05, 4.69) is 11.4 Å². The zero-order valence-electron chi connectivity index (χ0n) is 21.0. The van der Waals surface area contributed by atoms with Crippen molar-refractivity contribution in [2.24, 2.45) is 5.73 Å². The Morgan fingerprint density at radius 2 is 1.74 bits per heavy atom. The Labute approximate surface area is 218 Å². The van der Waals surface area contributed by atoms with E-state index in [4.69, 9.17) is 20.4 Å². The maximum Gasteiger partial charge on any atom is 0.490 e. The SMILES string of the molecule is COCCn1cc(-c2ccc(C[C@@H](C#N)NC(=O)C3(N)CCCCC3)cc2)ccc1=O.O=C(O)C(F)(F)F. The van der Waals surface area contributed by atoms with Gasteiger partial charge in [0.15, 0.2) is 0 Å². The molecule has 1 heterocycles. The number of nitrogens with zero attached hydrogens (tertiary/aromatic N) is 2. The molecular formula is C26H31F3N4O5.